The van der Waals surface area contributed by atoms with E-state index in [2.05, 4.69) is 6.58 Å². The van der Waals surface area contributed by atoms with Gasteiger partial charge in [0.15, 0.2) is 0 Å². The number of hydrogen-bond acceptors (Lipinski definition) is 1. The Hall–Kier alpha value is -2.63. The molecule has 1 heterocycles. The molecule has 6 heteroatoms. The molecule has 2 aromatic rings. The second-order valence-corrected chi connectivity index (χ2v) is 5.89. The maximum Gasteiger partial charge on any atom is 0.416 e. The highest BCUT2D eigenvalue weighted by Gasteiger charge is 2.30. The van der Waals surface area contributed by atoms with E-state index in [4.69, 9.17) is 0 Å². The molecule has 3 rings (SSSR count). The molecule has 0 aliphatic carbocycles. The summed E-state index contributed by atoms with van der Waals surface area (Å²) >= 11 is 0. The van der Waals surface area contributed by atoms with Gasteiger partial charge in [-0.25, -0.2) is 4.39 Å². The molecule has 0 aromatic heterocycles. The molecule has 0 atom stereocenters. The van der Waals surface area contributed by atoms with Crippen molar-refractivity contribution in [2.24, 2.45) is 0 Å². The number of carbonyl (C=O) groups excluding carboxylic acids is 1. The fourth-order valence-corrected chi connectivity index (χ4v) is 2.96. The average molecular weight is 349 g/mol. The van der Waals surface area contributed by atoms with Crippen LogP contribution < -0.4 is 0 Å². The van der Waals surface area contributed by atoms with Crippen LogP contribution in [0.1, 0.15) is 16.7 Å². The number of carbonyl (C=O) groups is 1. The number of nitrogens with zero attached hydrogens (tertiary/aromatic N) is 1. The van der Waals surface area contributed by atoms with Crippen LogP contribution >= 0.6 is 0 Å². The zero-order valence-electron chi connectivity index (χ0n) is 13.2. The molecule has 0 saturated carbocycles. The first-order valence-corrected chi connectivity index (χ1v) is 7.70. The first-order valence-electron chi connectivity index (χ1n) is 7.70. The Morgan fingerprint density at radius 2 is 1.80 bits per heavy atom. The summed E-state index contributed by atoms with van der Waals surface area (Å²) in [4.78, 5) is 13.4. The van der Waals surface area contributed by atoms with Crippen molar-refractivity contribution < 1.29 is 22.4 Å². The highest BCUT2D eigenvalue weighted by Crippen LogP contribution is 2.33. The first-order chi connectivity index (χ1) is 11.8. The van der Waals surface area contributed by atoms with Gasteiger partial charge in [0.05, 0.1) is 5.56 Å². The summed E-state index contributed by atoms with van der Waals surface area (Å²) in [7, 11) is 0. The van der Waals surface area contributed by atoms with Gasteiger partial charge >= 0.3 is 6.18 Å². The Bertz CT molecular complexity index is 825. The largest absolute Gasteiger partial charge is 0.416 e. The van der Waals surface area contributed by atoms with E-state index in [0.717, 1.165) is 23.3 Å². The highest BCUT2D eigenvalue weighted by atomic mass is 19.4. The third-order valence-electron chi connectivity index (χ3n) is 4.31. The molecule has 0 saturated heterocycles. The fraction of sp³-hybridized carbons (Fsp3) is 0.211. The lowest BCUT2D eigenvalue weighted by Gasteiger charge is -2.28. The van der Waals surface area contributed by atoms with E-state index in [9.17, 15) is 22.4 Å². The van der Waals surface area contributed by atoms with Crippen LogP contribution in [0.4, 0.5) is 17.6 Å². The van der Waals surface area contributed by atoms with Gasteiger partial charge in [-0.2, -0.15) is 13.2 Å². The predicted molar refractivity (Wildman–Crippen MR) is 86.2 cm³/mol. The van der Waals surface area contributed by atoms with Gasteiger partial charge in [0.2, 0.25) is 5.91 Å². The lowest BCUT2D eigenvalue weighted by molar-refractivity contribution is -0.137. The Morgan fingerprint density at radius 1 is 1.12 bits per heavy atom. The zero-order chi connectivity index (χ0) is 18.2. The minimum atomic E-state index is -4.43. The number of alkyl halides is 3. The van der Waals surface area contributed by atoms with Crippen LogP contribution in [-0.2, 0) is 23.9 Å². The van der Waals surface area contributed by atoms with E-state index >= 15 is 0 Å². The second kappa shape index (κ2) is 6.35. The molecule has 0 unspecified atom stereocenters. The number of halogens is 4. The summed E-state index contributed by atoms with van der Waals surface area (Å²) in [6.45, 7) is 4.27. The van der Waals surface area contributed by atoms with Crippen LogP contribution in [-0.4, -0.2) is 17.4 Å². The molecule has 0 fully saturated rings. The summed E-state index contributed by atoms with van der Waals surface area (Å²) < 4.78 is 52.4. The lowest BCUT2D eigenvalue weighted by Crippen LogP contribution is -2.34. The Labute approximate surface area is 142 Å². The first kappa shape index (κ1) is 17.2. The number of hydrogen-bond donors (Lipinski definition) is 0. The Morgan fingerprint density at radius 3 is 2.40 bits per heavy atom. The minimum Gasteiger partial charge on any atom is -0.335 e. The van der Waals surface area contributed by atoms with Gasteiger partial charge in [-0.3, -0.25) is 4.79 Å². The van der Waals surface area contributed by atoms with Crippen molar-refractivity contribution in [2.45, 2.75) is 19.1 Å². The summed E-state index contributed by atoms with van der Waals surface area (Å²) in [6.07, 6.45) is -2.68. The van der Waals surface area contributed by atoms with Crippen LogP contribution in [0.25, 0.3) is 11.1 Å². The van der Waals surface area contributed by atoms with E-state index in [1.807, 2.05) is 0 Å². The smallest absolute Gasteiger partial charge is 0.335 e. The molecule has 0 N–H and O–H groups in total. The number of benzene rings is 2. The quantitative estimate of drug-likeness (QED) is 0.574. The van der Waals surface area contributed by atoms with E-state index in [1.54, 1.807) is 11.0 Å². The van der Waals surface area contributed by atoms with Crippen molar-refractivity contribution in [1.82, 2.24) is 4.90 Å². The Kier molecular flexibility index (Phi) is 4.37. The van der Waals surface area contributed by atoms with Gasteiger partial charge in [-0.1, -0.05) is 18.7 Å². The van der Waals surface area contributed by atoms with Crippen molar-refractivity contribution in [3.63, 3.8) is 0 Å². The van der Waals surface area contributed by atoms with Crippen LogP contribution in [0.5, 0.6) is 0 Å². The topological polar surface area (TPSA) is 20.3 Å². The van der Waals surface area contributed by atoms with Crippen molar-refractivity contribution in [3.05, 3.63) is 71.6 Å². The fourth-order valence-electron chi connectivity index (χ4n) is 2.96. The van der Waals surface area contributed by atoms with Gasteiger partial charge in [0.1, 0.15) is 5.82 Å². The summed E-state index contributed by atoms with van der Waals surface area (Å²) in [6, 6.07) is 7.38. The number of rotatable bonds is 2. The van der Waals surface area contributed by atoms with E-state index < -0.39 is 17.6 Å². The van der Waals surface area contributed by atoms with Gasteiger partial charge in [-0.15, -0.1) is 0 Å². The van der Waals surface area contributed by atoms with Gasteiger partial charge in [0.25, 0.3) is 0 Å². The van der Waals surface area contributed by atoms with Crippen molar-refractivity contribution in [1.29, 1.82) is 0 Å². The summed E-state index contributed by atoms with van der Waals surface area (Å²) in [5.41, 5.74) is 1.40. The monoisotopic (exact) mass is 349 g/mol. The molecule has 1 amide bonds. The molecule has 1 aliphatic heterocycles. The number of fused-ring (bicyclic) bond motifs is 1. The Balaban J connectivity index is 1.96. The van der Waals surface area contributed by atoms with E-state index in [1.165, 1.54) is 24.3 Å². The zero-order valence-corrected chi connectivity index (χ0v) is 13.2. The normalized spacial score (nSPS) is 14.2. The highest BCUT2D eigenvalue weighted by molar-refractivity contribution is 5.87. The molecule has 2 nitrogen and oxygen atoms in total. The molecule has 2 aromatic carbocycles. The van der Waals surface area contributed by atoms with Crippen molar-refractivity contribution in [3.8, 4) is 11.1 Å². The molecule has 25 heavy (non-hydrogen) atoms. The van der Waals surface area contributed by atoms with E-state index in [0.29, 0.717) is 25.1 Å². The molecule has 0 bridgehead atoms. The van der Waals surface area contributed by atoms with Crippen molar-refractivity contribution >= 4 is 5.91 Å². The maximum atomic E-state index is 14.4. The predicted octanol–water partition coefficient (Wildman–Crippen LogP) is 4.58. The third kappa shape index (κ3) is 3.43. The number of amides is 1. The molecule has 0 radical (unpaired) electrons. The van der Waals surface area contributed by atoms with Crippen LogP contribution in [0.3, 0.4) is 0 Å². The van der Waals surface area contributed by atoms with Crippen molar-refractivity contribution in [2.75, 3.05) is 6.54 Å². The summed E-state index contributed by atoms with van der Waals surface area (Å²) in [5, 5.41) is 0. The standard InChI is InChI=1S/C19H15F4NO/c1-2-18(25)24-8-7-13-10-17(20)16(9-14(13)11-24)12-3-5-15(6-4-12)19(21,22)23/h2-6,9-10H,1,7-8,11H2. The summed E-state index contributed by atoms with van der Waals surface area (Å²) in [5.74, 6) is -0.687. The lowest BCUT2D eigenvalue weighted by atomic mass is 9.93. The average Bonchev–Trinajstić information content (AvgIpc) is 2.59. The second-order valence-electron chi connectivity index (χ2n) is 5.89. The van der Waals surface area contributed by atoms with Crippen LogP contribution in [0, 0.1) is 5.82 Å². The van der Waals surface area contributed by atoms with E-state index in [-0.39, 0.29) is 11.5 Å². The molecular formula is C19H15F4NO. The molecular weight excluding hydrogens is 334 g/mol. The third-order valence-corrected chi connectivity index (χ3v) is 4.31. The van der Waals surface area contributed by atoms with Crippen LogP contribution in [0.15, 0.2) is 49.1 Å². The van der Waals surface area contributed by atoms with Crippen LogP contribution in [0.2, 0.25) is 0 Å². The van der Waals surface area contributed by atoms with Gasteiger partial charge in [-0.05, 0) is 53.5 Å². The maximum absolute atomic E-state index is 14.4. The molecule has 1 aliphatic rings. The SMILES string of the molecule is C=CC(=O)N1CCc2cc(F)c(-c3ccc(C(F)(F)F)cc3)cc2C1. The molecule has 130 valence electrons. The molecule has 0 spiro atoms. The minimum absolute atomic E-state index is 0.203. The van der Waals surface area contributed by atoms with Gasteiger partial charge < -0.3 is 4.90 Å². The van der Waals surface area contributed by atoms with Gasteiger partial charge in [0, 0.05) is 18.7 Å².